The summed E-state index contributed by atoms with van der Waals surface area (Å²) in [5.41, 5.74) is 2.52. The highest BCUT2D eigenvalue weighted by molar-refractivity contribution is 7.22. The lowest BCUT2D eigenvalue weighted by molar-refractivity contribution is -0.116. The predicted octanol–water partition coefficient (Wildman–Crippen LogP) is 5.08. The number of hydrogen-bond acceptors (Lipinski definition) is 5. The van der Waals surface area contributed by atoms with Crippen molar-refractivity contribution in [3.63, 3.8) is 0 Å². The molecule has 1 heterocycles. The van der Waals surface area contributed by atoms with Crippen LogP contribution in [0.3, 0.4) is 0 Å². The van der Waals surface area contributed by atoms with Gasteiger partial charge in [-0.25, -0.2) is 4.98 Å². The number of rotatable bonds is 6. The van der Waals surface area contributed by atoms with Gasteiger partial charge in [-0.1, -0.05) is 72.0 Å². The summed E-state index contributed by atoms with van der Waals surface area (Å²) in [6.45, 7) is 0. The molecule has 0 saturated carbocycles. The summed E-state index contributed by atoms with van der Waals surface area (Å²) in [6, 6.07) is 23.1. The Balaban J connectivity index is 1.71. The fourth-order valence-corrected chi connectivity index (χ4v) is 4.28. The molecule has 0 saturated heterocycles. The molecule has 5 nitrogen and oxygen atoms in total. The maximum atomic E-state index is 13.3. The maximum Gasteiger partial charge on any atom is 0.238 e. The lowest BCUT2D eigenvalue weighted by Crippen LogP contribution is -2.22. The number of carbonyl (C=O) groups is 1. The zero-order valence-corrected chi connectivity index (χ0v) is 16.9. The van der Waals surface area contributed by atoms with Crippen LogP contribution in [0, 0.1) is 0 Å². The number of benzene rings is 3. The number of fused-ring (bicyclic) bond motifs is 1. The van der Waals surface area contributed by atoms with Crippen LogP contribution >= 0.6 is 11.3 Å². The first-order chi connectivity index (χ1) is 14.2. The molecular weight excluding hydrogens is 384 g/mol. The van der Waals surface area contributed by atoms with E-state index in [-0.39, 0.29) is 5.91 Å². The van der Waals surface area contributed by atoms with Gasteiger partial charge in [-0.05, 0) is 23.3 Å². The molecular formula is C23H20N2O3S. The Hall–Kier alpha value is -3.38. The quantitative estimate of drug-likeness (QED) is 0.487. The molecule has 0 bridgehead atoms. The minimum absolute atomic E-state index is 0.139. The van der Waals surface area contributed by atoms with Gasteiger partial charge in [0.25, 0.3) is 0 Å². The van der Waals surface area contributed by atoms with Crippen molar-refractivity contribution >= 4 is 32.6 Å². The largest absolute Gasteiger partial charge is 0.495 e. The van der Waals surface area contributed by atoms with Crippen molar-refractivity contribution in [3.8, 4) is 11.5 Å². The molecule has 1 N–H and O–H groups in total. The van der Waals surface area contributed by atoms with Gasteiger partial charge in [0.15, 0.2) is 5.13 Å². The van der Waals surface area contributed by atoms with E-state index >= 15 is 0 Å². The second kappa shape index (κ2) is 8.32. The normalized spacial score (nSPS) is 10.9. The second-order valence-electron chi connectivity index (χ2n) is 6.41. The second-order valence-corrected chi connectivity index (χ2v) is 7.41. The molecule has 0 spiro atoms. The van der Waals surface area contributed by atoms with Gasteiger partial charge in [0, 0.05) is 0 Å². The van der Waals surface area contributed by atoms with Crippen LogP contribution in [0.15, 0.2) is 72.8 Å². The van der Waals surface area contributed by atoms with E-state index in [1.54, 1.807) is 14.2 Å². The number of amides is 1. The fraction of sp³-hybridized carbons (Fsp3) is 0.130. The van der Waals surface area contributed by atoms with Gasteiger partial charge >= 0.3 is 0 Å². The van der Waals surface area contributed by atoms with Crippen molar-refractivity contribution in [1.29, 1.82) is 0 Å². The number of thiazole rings is 1. The molecule has 0 aliphatic carbocycles. The molecule has 0 atom stereocenters. The Kier molecular flexibility index (Phi) is 5.44. The SMILES string of the molecule is COc1ccc(OC)c2sc(NC(=O)C(c3ccccc3)c3ccccc3)nc12. The number of anilines is 1. The van der Waals surface area contributed by atoms with Crippen molar-refractivity contribution in [2.45, 2.75) is 5.92 Å². The Labute approximate surface area is 172 Å². The van der Waals surface area contributed by atoms with E-state index in [9.17, 15) is 4.79 Å². The molecule has 3 aromatic carbocycles. The summed E-state index contributed by atoms with van der Waals surface area (Å²) in [5.74, 6) is 0.759. The zero-order chi connectivity index (χ0) is 20.2. The number of ether oxygens (including phenoxy) is 2. The summed E-state index contributed by atoms with van der Waals surface area (Å²) >= 11 is 1.37. The van der Waals surface area contributed by atoms with Gasteiger partial charge in [0.2, 0.25) is 5.91 Å². The number of hydrogen-bond donors (Lipinski definition) is 1. The Morgan fingerprint density at radius 1 is 0.862 bits per heavy atom. The van der Waals surface area contributed by atoms with E-state index < -0.39 is 5.92 Å². The smallest absolute Gasteiger partial charge is 0.238 e. The zero-order valence-electron chi connectivity index (χ0n) is 16.1. The highest BCUT2D eigenvalue weighted by Gasteiger charge is 2.24. The molecule has 1 amide bonds. The molecule has 0 fully saturated rings. The topological polar surface area (TPSA) is 60.5 Å². The molecule has 146 valence electrons. The van der Waals surface area contributed by atoms with Crippen LogP contribution in [0.5, 0.6) is 11.5 Å². The highest BCUT2D eigenvalue weighted by Crippen LogP contribution is 2.39. The van der Waals surface area contributed by atoms with E-state index in [4.69, 9.17) is 9.47 Å². The summed E-state index contributed by atoms with van der Waals surface area (Å²) < 4.78 is 11.7. The monoisotopic (exact) mass is 404 g/mol. The number of nitrogens with zero attached hydrogens (tertiary/aromatic N) is 1. The summed E-state index contributed by atoms with van der Waals surface area (Å²) in [6.07, 6.45) is 0. The van der Waals surface area contributed by atoms with E-state index in [2.05, 4.69) is 10.3 Å². The molecule has 4 aromatic rings. The third kappa shape index (κ3) is 3.79. The van der Waals surface area contributed by atoms with Crippen LogP contribution < -0.4 is 14.8 Å². The number of nitrogens with one attached hydrogen (secondary N) is 1. The number of methoxy groups -OCH3 is 2. The van der Waals surface area contributed by atoms with E-state index in [0.717, 1.165) is 15.8 Å². The van der Waals surface area contributed by atoms with Crippen molar-refractivity contribution in [2.75, 3.05) is 19.5 Å². The molecule has 0 aliphatic rings. The Bertz CT molecular complexity index is 1050. The lowest BCUT2D eigenvalue weighted by atomic mass is 9.90. The molecule has 0 aliphatic heterocycles. The van der Waals surface area contributed by atoms with Crippen LogP contribution in [0.25, 0.3) is 10.2 Å². The van der Waals surface area contributed by atoms with Gasteiger partial charge in [-0.15, -0.1) is 0 Å². The molecule has 29 heavy (non-hydrogen) atoms. The molecule has 6 heteroatoms. The lowest BCUT2D eigenvalue weighted by Gasteiger charge is -2.16. The molecule has 0 unspecified atom stereocenters. The maximum absolute atomic E-state index is 13.3. The van der Waals surface area contributed by atoms with Crippen LogP contribution in [-0.4, -0.2) is 25.1 Å². The predicted molar refractivity (Wildman–Crippen MR) is 116 cm³/mol. The number of aromatic nitrogens is 1. The van der Waals surface area contributed by atoms with E-state index in [1.165, 1.54) is 11.3 Å². The summed E-state index contributed by atoms with van der Waals surface area (Å²) in [4.78, 5) is 17.9. The fourth-order valence-electron chi connectivity index (χ4n) is 3.30. The van der Waals surface area contributed by atoms with Gasteiger partial charge in [0.1, 0.15) is 21.7 Å². The standard InChI is InChI=1S/C23H20N2O3S/c1-27-17-13-14-18(28-2)21-20(17)24-23(29-21)25-22(26)19(15-9-5-3-6-10-15)16-11-7-4-8-12-16/h3-14,19H,1-2H3,(H,24,25,26). The van der Waals surface area contributed by atoms with Crippen LogP contribution in [0.1, 0.15) is 17.0 Å². The Morgan fingerprint density at radius 2 is 1.41 bits per heavy atom. The van der Waals surface area contributed by atoms with Crippen LogP contribution in [0.4, 0.5) is 5.13 Å². The first kappa shape index (κ1) is 19.0. The van der Waals surface area contributed by atoms with Crippen LogP contribution in [0.2, 0.25) is 0 Å². The average molecular weight is 404 g/mol. The minimum atomic E-state index is -0.437. The van der Waals surface area contributed by atoms with Crippen molar-refractivity contribution in [1.82, 2.24) is 4.98 Å². The van der Waals surface area contributed by atoms with Gasteiger partial charge < -0.3 is 14.8 Å². The third-order valence-corrected chi connectivity index (χ3v) is 5.65. The molecule has 1 aromatic heterocycles. The van der Waals surface area contributed by atoms with Crippen molar-refractivity contribution in [3.05, 3.63) is 83.9 Å². The summed E-state index contributed by atoms with van der Waals surface area (Å²) in [7, 11) is 3.21. The average Bonchev–Trinajstić information content (AvgIpc) is 3.18. The van der Waals surface area contributed by atoms with E-state index in [0.29, 0.717) is 22.1 Å². The summed E-state index contributed by atoms with van der Waals surface area (Å²) in [5, 5.41) is 3.49. The molecule has 4 rings (SSSR count). The van der Waals surface area contributed by atoms with Crippen molar-refractivity contribution < 1.29 is 14.3 Å². The minimum Gasteiger partial charge on any atom is -0.495 e. The van der Waals surface area contributed by atoms with Crippen LogP contribution in [-0.2, 0) is 4.79 Å². The van der Waals surface area contributed by atoms with Gasteiger partial charge in [-0.3, -0.25) is 4.79 Å². The molecule has 0 radical (unpaired) electrons. The van der Waals surface area contributed by atoms with E-state index in [1.807, 2.05) is 72.8 Å². The first-order valence-corrected chi connectivity index (χ1v) is 9.95. The third-order valence-electron chi connectivity index (χ3n) is 4.67. The first-order valence-electron chi connectivity index (χ1n) is 9.13. The van der Waals surface area contributed by atoms with Gasteiger partial charge in [0.05, 0.1) is 20.1 Å². The Morgan fingerprint density at radius 3 is 1.97 bits per heavy atom. The van der Waals surface area contributed by atoms with Gasteiger partial charge in [-0.2, -0.15) is 0 Å². The van der Waals surface area contributed by atoms with Crippen molar-refractivity contribution in [2.24, 2.45) is 0 Å². The highest BCUT2D eigenvalue weighted by atomic mass is 32.1. The number of carbonyl (C=O) groups excluding carboxylic acids is 1.